The van der Waals surface area contributed by atoms with Gasteiger partial charge in [0.05, 0.1) is 18.2 Å². The fourth-order valence-corrected chi connectivity index (χ4v) is 1.93. The zero-order valence-electron chi connectivity index (χ0n) is 9.41. The van der Waals surface area contributed by atoms with Gasteiger partial charge < -0.3 is 14.7 Å². The van der Waals surface area contributed by atoms with E-state index in [2.05, 4.69) is 15.7 Å². The van der Waals surface area contributed by atoms with E-state index in [0.29, 0.717) is 6.54 Å². The van der Waals surface area contributed by atoms with Crippen LogP contribution in [0.15, 0.2) is 41.5 Å². The van der Waals surface area contributed by atoms with Gasteiger partial charge in [0.1, 0.15) is 5.65 Å². The van der Waals surface area contributed by atoms with Gasteiger partial charge in [-0.3, -0.25) is 0 Å². The second-order valence-corrected chi connectivity index (χ2v) is 3.98. The van der Waals surface area contributed by atoms with Crippen molar-refractivity contribution in [2.45, 2.75) is 13.0 Å². The number of aryl methyl sites for hydroxylation is 1. The summed E-state index contributed by atoms with van der Waals surface area (Å²) in [6.45, 7) is 1.62. The molecule has 17 heavy (non-hydrogen) atoms. The van der Waals surface area contributed by atoms with Crippen LogP contribution in [0.1, 0.15) is 6.42 Å². The maximum absolute atomic E-state index is 5.52. The average Bonchev–Trinajstić information content (AvgIpc) is 3.02. The van der Waals surface area contributed by atoms with Crippen molar-refractivity contribution in [2.24, 2.45) is 5.73 Å². The third kappa shape index (κ3) is 1.74. The van der Waals surface area contributed by atoms with Crippen LogP contribution in [0.4, 0.5) is 0 Å². The van der Waals surface area contributed by atoms with E-state index in [0.717, 1.165) is 29.9 Å². The Hall–Kier alpha value is -2.01. The number of hydrogen-bond donors (Lipinski definition) is 1. The molecular weight excluding hydrogens is 216 g/mol. The van der Waals surface area contributed by atoms with Gasteiger partial charge in [-0.2, -0.15) is 5.10 Å². The Bertz CT molecular complexity index is 606. The number of fused-ring (bicyclic) bond motifs is 1. The average molecular weight is 230 g/mol. The van der Waals surface area contributed by atoms with Crippen LogP contribution in [-0.4, -0.2) is 20.7 Å². The van der Waals surface area contributed by atoms with E-state index < -0.39 is 0 Å². The van der Waals surface area contributed by atoms with Crippen molar-refractivity contribution in [1.29, 1.82) is 0 Å². The summed E-state index contributed by atoms with van der Waals surface area (Å²) in [5.41, 5.74) is 8.53. The number of nitrogens with two attached hydrogens (primary N) is 1. The summed E-state index contributed by atoms with van der Waals surface area (Å²) in [5.74, 6) is 0. The van der Waals surface area contributed by atoms with Crippen LogP contribution in [0.2, 0.25) is 0 Å². The molecule has 5 nitrogen and oxygen atoms in total. The summed E-state index contributed by atoms with van der Waals surface area (Å²) >= 11 is 0. The van der Waals surface area contributed by atoms with E-state index >= 15 is 0 Å². The summed E-state index contributed by atoms with van der Waals surface area (Å²) in [5, 5.41) is 4.49. The molecule has 3 rings (SSSR count). The Kier molecular flexibility index (Phi) is 2.45. The molecule has 0 bridgehead atoms. The molecule has 0 fully saturated rings. The summed E-state index contributed by atoms with van der Waals surface area (Å²) in [6.07, 6.45) is 8.30. The number of hydrogen-bond acceptors (Lipinski definition) is 3. The maximum Gasteiger partial charge on any atom is 0.136 e. The van der Waals surface area contributed by atoms with Crippen molar-refractivity contribution >= 4 is 5.65 Å². The fraction of sp³-hybridized carbons (Fsp3) is 0.250. The Morgan fingerprint density at radius 1 is 1.35 bits per heavy atom. The van der Waals surface area contributed by atoms with Crippen LogP contribution < -0.4 is 5.73 Å². The summed E-state index contributed by atoms with van der Waals surface area (Å²) in [4.78, 5) is 0. The van der Waals surface area contributed by atoms with Crippen LogP contribution in [0.25, 0.3) is 16.9 Å². The zero-order chi connectivity index (χ0) is 11.7. The molecule has 2 N–H and O–H groups in total. The van der Waals surface area contributed by atoms with Crippen LogP contribution in [0, 0.1) is 0 Å². The molecule has 0 unspecified atom stereocenters. The quantitative estimate of drug-likeness (QED) is 0.742. The molecule has 0 aromatic carbocycles. The van der Waals surface area contributed by atoms with Gasteiger partial charge in [0.15, 0.2) is 0 Å². The fourth-order valence-electron chi connectivity index (χ4n) is 1.93. The van der Waals surface area contributed by atoms with Crippen molar-refractivity contribution in [2.75, 3.05) is 6.54 Å². The second kappa shape index (κ2) is 4.10. The molecule has 88 valence electrons. The number of imidazole rings is 1. The number of rotatable bonds is 4. The lowest BCUT2D eigenvalue weighted by Crippen LogP contribution is -2.04. The molecule has 3 aromatic rings. The SMILES string of the molecule is NCCCn1ccn2nc(-c3ccoc3)cc12. The van der Waals surface area contributed by atoms with Gasteiger partial charge in [-0.05, 0) is 19.0 Å². The molecule has 0 radical (unpaired) electrons. The number of aromatic nitrogens is 3. The summed E-state index contributed by atoms with van der Waals surface area (Å²) < 4.78 is 9.09. The number of furan rings is 1. The minimum Gasteiger partial charge on any atom is -0.472 e. The normalized spacial score (nSPS) is 11.4. The van der Waals surface area contributed by atoms with Gasteiger partial charge >= 0.3 is 0 Å². The first-order valence-corrected chi connectivity index (χ1v) is 5.65. The third-order valence-corrected chi connectivity index (χ3v) is 2.82. The van der Waals surface area contributed by atoms with Crippen molar-refractivity contribution in [3.8, 4) is 11.3 Å². The van der Waals surface area contributed by atoms with Crippen LogP contribution in [-0.2, 0) is 6.54 Å². The predicted molar refractivity (Wildman–Crippen MR) is 64.6 cm³/mol. The van der Waals surface area contributed by atoms with Crippen molar-refractivity contribution < 1.29 is 4.42 Å². The maximum atomic E-state index is 5.52. The second-order valence-electron chi connectivity index (χ2n) is 3.98. The molecule has 0 atom stereocenters. The lowest BCUT2D eigenvalue weighted by molar-refractivity contribution is 0.568. The van der Waals surface area contributed by atoms with E-state index in [1.807, 2.05) is 23.0 Å². The van der Waals surface area contributed by atoms with Gasteiger partial charge in [-0.15, -0.1) is 0 Å². The first-order chi connectivity index (χ1) is 8.38. The standard InChI is InChI=1S/C12H14N4O/c13-3-1-4-15-5-6-16-12(15)8-11(14-16)10-2-7-17-9-10/h2,5-9H,1,3-4,13H2. The Balaban J connectivity index is 1.99. The Morgan fingerprint density at radius 3 is 3.06 bits per heavy atom. The minimum absolute atomic E-state index is 0.701. The first-order valence-electron chi connectivity index (χ1n) is 5.65. The topological polar surface area (TPSA) is 61.4 Å². The molecule has 0 saturated carbocycles. The van der Waals surface area contributed by atoms with E-state index in [4.69, 9.17) is 10.2 Å². The van der Waals surface area contributed by atoms with Crippen molar-refractivity contribution in [1.82, 2.24) is 14.2 Å². The molecule has 0 aliphatic heterocycles. The van der Waals surface area contributed by atoms with Crippen LogP contribution in [0.5, 0.6) is 0 Å². The Labute approximate surface area is 98.4 Å². The van der Waals surface area contributed by atoms with Gasteiger partial charge in [0.25, 0.3) is 0 Å². The first kappa shape index (κ1) is 10.2. The van der Waals surface area contributed by atoms with Crippen LogP contribution in [0.3, 0.4) is 0 Å². The minimum atomic E-state index is 0.701. The van der Waals surface area contributed by atoms with Gasteiger partial charge in [0, 0.05) is 30.6 Å². The summed E-state index contributed by atoms with van der Waals surface area (Å²) in [6, 6.07) is 3.97. The summed E-state index contributed by atoms with van der Waals surface area (Å²) in [7, 11) is 0. The van der Waals surface area contributed by atoms with E-state index in [1.165, 1.54) is 0 Å². The molecular formula is C12H14N4O. The van der Waals surface area contributed by atoms with Gasteiger partial charge in [-0.25, -0.2) is 4.52 Å². The highest BCUT2D eigenvalue weighted by atomic mass is 16.3. The molecule has 5 heteroatoms. The number of nitrogens with zero attached hydrogens (tertiary/aromatic N) is 3. The zero-order valence-corrected chi connectivity index (χ0v) is 9.41. The van der Waals surface area contributed by atoms with Crippen molar-refractivity contribution in [3.05, 3.63) is 37.1 Å². The largest absolute Gasteiger partial charge is 0.472 e. The predicted octanol–water partition coefficient (Wildman–Crippen LogP) is 1.74. The van der Waals surface area contributed by atoms with Gasteiger partial charge in [0.2, 0.25) is 0 Å². The third-order valence-electron chi connectivity index (χ3n) is 2.82. The molecule has 0 saturated heterocycles. The van der Waals surface area contributed by atoms with E-state index in [9.17, 15) is 0 Å². The van der Waals surface area contributed by atoms with E-state index in [-0.39, 0.29) is 0 Å². The highest BCUT2D eigenvalue weighted by Crippen LogP contribution is 2.20. The highest BCUT2D eigenvalue weighted by Gasteiger charge is 2.08. The molecule has 3 heterocycles. The smallest absolute Gasteiger partial charge is 0.136 e. The van der Waals surface area contributed by atoms with Crippen molar-refractivity contribution in [3.63, 3.8) is 0 Å². The molecule has 0 amide bonds. The highest BCUT2D eigenvalue weighted by molar-refractivity contribution is 5.63. The van der Waals surface area contributed by atoms with Gasteiger partial charge in [-0.1, -0.05) is 0 Å². The van der Waals surface area contributed by atoms with E-state index in [1.54, 1.807) is 12.5 Å². The Morgan fingerprint density at radius 2 is 2.29 bits per heavy atom. The lowest BCUT2D eigenvalue weighted by Gasteiger charge is -1.99. The molecule has 0 spiro atoms. The van der Waals surface area contributed by atoms with Crippen LogP contribution >= 0.6 is 0 Å². The lowest BCUT2D eigenvalue weighted by atomic mass is 10.2. The molecule has 0 aliphatic rings. The molecule has 0 aliphatic carbocycles. The monoisotopic (exact) mass is 230 g/mol. The molecule has 3 aromatic heterocycles.